The minimum absolute atomic E-state index is 0.0273. The van der Waals surface area contributed by atoms with Crippen molar-refractivity contribution in [3.05, 3.63) is 42.6 Å². The molecular weight excluding hydrogens is 280 g/mol. The maximum Gasteiger partial charge on any atom is 0.237 e. The van der Waals surface area contributed by atoms with Crippen molar-refractivity contribution in [3.63, 3.8) is 0 Å². The number of aromatic nitrogens is 2. The number of rotatable bonds is 6. The van der Waals surface area contributed by atoms with E-state index in [1.54, 1.807) is 30.3 Å². The van der Waals surface area contributed by atoms with Crippen molar-refractivity contribution >= 4 is 21.5 Å². The molecule has 0 aliphatic carbocycles. The van der Waals surface area contributed by atoms with Crippen molar-refractivity contribution in [1.82, 2.24) is 10.2 Å². The van der Waals surface area contributed by atoms with Crippen molar-refractivity contribution in [2.45, 2.75) is 0 Å². The summed E-state index contributed by atoms with van der Waals surface area (Å²) in [5.41, 5.74) is 6.16. The van der Waals surface area contributed by atoms with Gasteiger partial charge in [-0.2, -0.15) is 5.10 Å². The summed E-state index contributed by atoms with van der Waals surface area (Å²) >= 11 is 0. The molecular formula is C12H14N4O3S. The molecule has 0 saturated carbocycles. The maximum atomic E-state index is 11.8. The third kappa shape index (κ3) is 4.39. The molecule has 0 aliphatic rings. The van der Waals surface area contributed by atoms with Gasteiger partial charge in [0.2, 0.25) is 10.0 Å². The van der Waals surface area contributed by atoms with E-state index in [0.717, 1.165) is 0 Å². The Hall–Kier alpha value is -2.35. The van der Waals surface area contributed by atoms with E-state index in [1.165, 1.54) is 12.3 Å². The van der Waals surface area contributed by atoms with Crippen LogP contribution in [0.15, 0.2) is 42.6 Å². The number of nitrogens with two attached hydrogens (primary N) is 1. The Morgan fingerprint density at radius 3 is 2.60 bits per heavy atom. The summed E-state index contributed by atoms with van der Waals surface area (Å²) in [6.45, 7) is 0.0273. The number of hydrogen-bond acceptors (Lipinski definition) is 6. The lowest BCUT2D eigenvalue weighted by molar-refractivity contribution is 0.341. The van der Waals surface area contributed by atoms with Crippen LogP contribution >= 0.6 is 0 Å². The number of sulfonamides is 1. The molecule has 1 heterocycles. The van der Waals surface area contributed by atoms with E-state index in [-0.39, 0.29) is 18.2 Å². The first-order valence-corrected chi connectivity index (χ1v) is 7.47. The monoisotopic (exact) mass is 294 g/mol. The summed E-state index contributed by atoms with van der Waals surface area (Å²) in [7, 11) is -3.52. The summed E-state index contributed by atoms with van der Waals surface area (Å²) in [4.78, 5) is 0. The SMILES string of the molecule is Nc1ccc(OCCS(=O)(=O)Nc2cccnn2)cc1. The molecule has 0 amide bonds. The summed E-state index contributed by atoms with van der Waals surface area (Å²) < 4.78 is 31.2. The molecule has 20 heavy (non-hydrogen) atoms. The van der Waals surface area contributed by atoms with Crippen LogP contribution in [0.5, 0.6) is 5.75 Å². The Balaban J connectivity index is 1.85. The molecule has 1 aromatic carbocycles. The van der Waals surface area contributed by atoms with E-state index in [4.69, 9.17) is 10.5 Å². The van der Waals surface area contributed by atoms with Crippen LogP contribution in [-0.4, -0.2) is 31.0 Å². The molecule has 2 aromatic rings. The maximum absolute atomic E-state index is 11.8. The Kier molecular flexibility index (Phi) is 4.36. The fraction of sp³-hybridized carbons (Fsp3) is 0.167. The lowest BCUT2D eigenvalue weighted by Crippen LogP contribution is -2.21. The standard InChI is InChI=1S/C12H14N4O3S/c13-10-3-5-11(6-4-10)19-8-9-20(17,18)16-12-2-1-7-14-15-12/h1-7H,8-9,13H2,(H,15,16). The van der Waals surface area contributed by atoms with E-state index in [9.17, 15) is 8.42 Å². The van der Waals surface area contributed by atoms with Crippen LogP contribution in [0.2, 0.25) is 0 Å². The second kappa shape index (κ2) is 6.20. The molecule has 3 N–H and O–H groups in total. The number of benzene rings is 1. The predicted molar refractivity (Wildman–Crippen MR) is 75.8 cm³/mol. The van der Waals surface area contributed by atoms with Crippen LogP contribution in [0, 0.1) is 0 Å². The van der Waals surface area contributed by atoms with Gasteiger partial charge in [0.15, 0.2) is 5.82 Å². The van der Waals surface area contributed by atoms with E-state index >= 15 is 0 Å². The van der Waals surface area contributed by atoms with Gasteiger partial charge in [-0.25, -0.2) is 8.42 Å². The molecule has 0 radical (unpaired) electrons. The fourth-order valence-corrected chi connectivity index (χ4v) is 2.23. The molecule has 0 atom stereocenters. The average Bonchev–Trinajstić information content (AvgIpc) is 2.41. The Morgan fingerprint density at radius 1 is 1.20 bits per heavy atom. The quantitative estimate of drug-likeness (QED) is 0.766. The molecule has 0 aliphatic heterocycles. The van der Waals surface area contributed by atoms with Gasteiger partial charge in [-0.3, -0.25) is 4.72 Å². The summed E-state index contributed by atoms with van der Waals surface area (Å²) in [6.07, 6.45) is 1.46. The number of ether oxygens (including phenoxy) is 1. The molecule has 0 fully saturated rings. The van der Waals surface area contributed by atoms with E-state index < -0.39 is 10.0 Å². The first-order chi connectivity index (χ1) is 9.55. The van der Waals surface area contributed by atoms with Crippen LogP contribution in [0.3, 0.4) is 0 Å². The second-order valence-electron chi connectivity index (χ2n) is 3.95. The third-order valence-corrected chi connectivity index (χ3v) is 3.56. The molecule has 0 bridgehead atoms. The Bertz CT molecular complexity index is 644. The van der Waals surface area contributed by atoms with E-state index in [0.29, 0.717) is 11.4 Å². The smallest absolute Gasteiger partial charge is 0.237 e. The predicted octanol–water partition coefficient (Wildman–Crippen LogP) is 0.879. The Labute approximate surface area is 116 Å². The average molecular weight is 294 g/mol. The number of hydrogen-bond donors (Lipinski definition) is 2. The van der Waals surface area contributed by atoms with Crippen LogP contribution in [-0.2, 0) is 10.0 Å². The van der Waals surface area contributed by atoms with Gasteiger partial charge >= 0.3 is 0 Å². The zero-order valence-corrected chi connectivity index (χ0v) is 11.4. The van der Waals surface area contributed by atoms with Gasteiger partial charge in [0.05, 0.1) is 0 Å². The van der Waals surface area contributed by atoms with Crippen molar-refractivity contribution in [1.29, 1.82) is 0 Å². The number of nitrogen functional groups attached to an aromatic ring is 1. The van der Waals surface area contributed by atoms with Crippen LogP contribution < -0.4 is 15.2 Å². The Morgan fingerprint density at radius 2 is 1.95 bits per heavy atom. The largest absolute Gasteiger partial charge is 0.492 e. The van der Waals surface area contributed by atoms with Crippen molar-refractivity contribution in [3.8, 4) is 5.75 Å². The van der Waals surface area contributed by atoms with Crippen molar-refractivity contribution in [2.75, 3.05) is 22.8 Å². The van der Waals surface area contributed by atoms with Gasteiger partial charge < -0.3 is 10.5 Å². The lowest BCUT2D eigenvalue weighted by Gasteiger charge is -2.08. The van der Waals surface area contributed by atoms with Gasteiger partial charge in [0, 0.05) is 11.9 Å². The van der Waals surface area contributed by atoms with Crippen LogP contribution in [0.4, 0.5) is 11.5 Å². The summed E-state index contributed by atoms with van der Waals surface area (Å²) in [6, 6.07) is 9.83. The molecule has 106 valence electrons. The lowest BCUT2D eigenvalue weighted by atomic mass is 10.3. The molecule has 2 rings (SSSR count). The zero-order chi connectivity index (χ0) is 14.4. The first kappa shape index (κ1) is 14.1. The first-order valence-electron chi connectivity index (χ1n) is 5.82. The molecule has 0 spiro atoms. The van der Waals surface area contributed by atoms with Crippen LogP contribution in [0.1, 0.15) is 0 Å². The van der Waals surface area contributed by atoms with Gasteiger partial charge in [0.1, 0.15) is 18.1 Å². The highest BCUT2D eigenvalue weighted by molar-refractivity contribution is 7.92. The summed E-state index contributed by atoms with van der Waals surface area (Å²) in [5.74, 6) is 0.558. The molecule has 0 unspecified atom stereocenters. The van der Waals surface area contributed by atoms with Crippen LogP contribution in [0.25, 0.3) is 0 Å². The normalized spacial score (nSPS) is 11.0. The van der Waals surface area contributed by atoms with E-state index in [1.807, 2.05) is 0 Å². The third-order valence-electron chi connectivity index (χ3n) is 2.33. The highest BCUT2D eigenvalue weighted by Crippen LogP contribution is 2.13. The highest BCUT2D eigenvalue weighted by atomic mass is 32.2. The number of nitrogens with one attached hydrogen (secondary N) is 1. The van der Waals surface area contributed by atoms with Gasteiger partial charge in [-0.05, 0) is 36.4 Å². The number of anilines is 2. The topological polar surface area (TPSA) is 107 Å². The summed E-state index contributed by atoms with van der Waals surface area (Å²) in [5, 5.41) is 7.23. The number of nitrogens with zero attached hydrogens (tertiary/aromatic N) is 2. The van der Waals surface area contributed by atoms with Crippen molar-refractivity contribution in [2.24, 2.45) is 0 Å². The minimum atomic E-state index is -3.52. The molecule has 1 aromatic heterocycles. The molecule has 7 nitrogen and oxygen atoms in total. The molecule has 0 saturated heterocycles. The zero-order valence-electron chi connectivity index (χ0n) is 10.6. The van der Waals surface area contributed by atoms with Gasteiger partial charge in [0.25, 0.3) is 0 Å². The molecule has 8 heteroatoms. The van der Waals surface area contributed by atoms with Crippen molar-refractivity contribution < 1.29 is 13.2 Å². The fourth-order valence-electron chi connectivity index (χ4n) is 1.40. The second-order valence-corrected chi connectivity index (χ2v) is 5.79. The minimum Gasteiger partial charge on any atom is -0.492 e. The van der Waals surface area contributed by atoms with E-state index in [2.05, 4.69) is 14.9 Å². The highest BCUT2D eigenvalue weighted by Gasteiger charge is 2.11. The van der Waals surface area contributed by atoms with Gasteiger partial charge in [-0.15, -0.1) is 5.10 Å². The van der Waals surface area contributed by atoms with Gasteiger partial charge in [-0.1, -0.05) is 0 Å².